The SMILES string of the molecule is CCCNC(CCN1CCCCC1)C(C)(C)C. The fourth-order valence-electron chi connectivity index (χ4n) is 2.65. The van der Waals surface area contributed by atoms with Crippen LogP contribution in [0.5, 0.6) is 0 Å². The molecule has 1 unspecified atom stereocenters. The van der Waals surface area contributed by atoms with Gasteiger partial charge in [-0.25, -0.2) is 0 Å². The Morgan fingerprint density at radius 1 is 1.12 bits per heavy atom. The minimum atomic E-state index is 0.380. The molecule has 0 radical (unpaired) electrons. The summed E-state index contributed by atoms with van der Waals surface area (Å²) in [6.45, 7) is 14.4. The monoisotopic (exact) mass is 240 g/mol. The Morgan fingerprint density at radius 3 is 2.29 bits per heavy atom. The second-order valence-electron chi connectivity index (χ2n) is 6.56. The molecule has 0 aromatic carbocycles. The molecule has 0 saturated carbocycles. The van der Waals surface area contributed by atoms with Gasteiger partial charge in [-0.05, 0) is 57.3 Å². The lowest BCUT2D eigenvalue weighted by molar-refractivity contribution is 0.184. The predicted molar refractivity (Wildman–Crippen MR) is 76.4 cm³/mol. The maximum Gasteiger partial charge on any atom is 0.0128 e. The number of hydrogen-bond donors (Lipinski definition) is 1. The van der Waals surface area contributed by atoms with Gasteiger partial charge < -0.3 is 10.2 Å². The first-order valence-corrected chi connectivity index (χ1v) is 7.49. The summed E-state index contributed by atoms with van der Waals surface area (Å²) in [6, 6.07) is 0.657. The lowest BCUT2D eigenvalue weighted by Crippen LogP contribution is -2.43. The maximum absolute atomic E-state index is 3.72. The number of rotatable bonds is 6. The summed E-state index contributed by atoms with van der Waals surface area (Å²) in [5.74, 6) is 0. The van der Waals surface area contributed by atoms with Gasteiger partial charge in [-0.15, -0.1) is 0 Å². The van der Waals surface area contributed by atoms with E-state index in [1.54, 1.807) is 0 Å². The van der Waals surface area contributed by atoms with E-state index in [1.165, 1.54) is 51.7 Å². The fraction of sp³-hybridized carbons (Fsp3) is 1.00. The van der Waals surface area contributed by atoms with E-state index < -0.39 is 0 Å². The molecule has 1 atom stereocenters. The Labute approximate surface area is 108 Å². The molecule has 0 amide bonds. The average molecular weight is 240 g/mol. The summed E-state index contributed by atoms with van der Waals surface area (Å²) >= 11 is 0. The lowest BCUT2D eigenvalue weighted by atomic mass is 9.84. The first kappa shape index (κ1) is 15.0. The highest BCUT2D eigenvalue weighted by molar-refractivity contribution is 4.81. The molecule has 102 valence electrons. The third-order valence-electron chi connectivity index (χ3n) is 3.87. The van der Waals surface area contributed by atoms with Crippen molar-refractivity contribution in [2.45, 2.75) is 65.8 Å². The van der Waals surface area contributed by atoms with Crippen LogP contribution in [0, 0.1) is 5.41 Å². The van der Waals surface area contributed by atoms with Crippen LogP contribution in [0.4, 0.5) is 0 Å². The van der Waals surface area contributed by atoms with Gasteiger partial charge in [0.1, 0.15) is 0 Å². The number of nitrogens with one attached hydrogen (secondary N) is 1. The largest absolute Gasteiger partial charge is 0.313 e. The van der Waals surface area contributed by atoms with Crippen LogP contribution in [0.1, 0.15) is 59.8 Å². The van der Waals surface area contributed by atoms with Crippen molar-refractivity contribution in [3.05, 3.63) is 0 Å². The number of likely N-dealkylation sites (tertiary alicyclic amines) is 1. The topological polar surface area (TPSA) is 15.3 Å². The second kappa shape index (κ2) is 7.38. The van der Waals surface area contributed by atoms with Crippen molar-refractivity contribution in [3.63, 3.8) is 0 Å². The normalized spacial score (nSPS) is 20.5. The molecule has 0 spiro atoms. The molecule has 2 nitrogen and oxygen atoms in total. The van der Waals surface area contributed by atoms with Gasteiger partial charge >= 0.3 is 0 Å². The van der Waals surface area contributed by atoms with Crippen molar-refractivity contribution in [2.75, 3.05) is 26.2 Å². The Morgan fingerprint density at radius 2 is 1.76 bits per heavy atom. The standard InChI is InChI=1S/C15H32N2/c1-5-10-16-14(15(2,3)4)9-13-17-11-7-6-8-12-17/h14,16H,5-13H2,1-4H3. The van der Waals surface area contributed by atoms with Crippen LogP contribution in [0.25, 0.3) is 0 Å². The van der Waals surface area contributed by atoms with Gasteiger partial charge in [0.25, 0.3) is 0 Å². The molecule has 2 heteroatoms. The zero-order chi connectivity index (χ0) is 12.7. The van der Waals surface area contributed by atoms with E-state index in [4.69, 9.17) is 0 Å². The summed E-state index contributed by atoms with van der Waals surface area (Å²) in [6.07, 6.45) is 6.78. The minimum absolute atomic E-state index is 0.380. The summed E-state index contributed by atoms with van der Waals surface area (Å²) < 4.78 is 0. The van der Waals surface area contributed by atoms with Crippen LogP contribution in [-0.4, -0.2) is 37.1 Å². The smallest absolute Gasteiger partial charge is 0.0128 e. The van der Waals surface area contributed by atoms with Crippen LogP contribution in [0.3, 0.4) is 0 Å². The molecule has 1 heterocycles. The molecule has 0 aliphatic carbocycles. The van der Waals surface area contributed by atoms with E-state index in [1.807, 2.05) is 0 Å². The van der Waals surface area contributed by atoms with Crippen molar-refractivity contribution >= 4 is 0 Å². The lowest BCUT2D eigenvalue weighted by Gasteiger charge is -2.34. The third-order valence-corrected chi connectivity index (χ3v) is 3.87. The highest BCUT2D eigenvalue weighted by Crippen LogP contribution is 2.22. The average Bonchev–Trinajstić information content (AvgIpc) is 2.29. The highest BCUT2D eigenvalue weighted by atomic mass is 15.1. The van der Waals surface area contributed by atoms with E-state index >= 15 is 0 Å². The number of hydrogen-bond acceptors (Lipinski definition) is 2. The Bertz CT molecular complexity index is 190. The summed E-state index contributed by atoms with van der Waals surface area (Å²) in [5, 5.41) is 3.72. The van der Waals surface area contributed by atoms with Crippen LogP contribution in [-0.2, 0) is 0 Å². The minimum Gasteiger partial charge on any atom is -0.313 e. The number of piperidine rings is 1. The molecular weight excluding hydrogens is 208 g/mol. The van der Waals surface area contributed by atoms with Crippen LogP contribution < -0.4 is 5.32 Å². The molecular formula is C15H32N2. The Balaban J connectivity index is 2.31. The molecule has 1 rings (SSSR count). The molecule has 1 saturated heterocycles. The zero-order valence-corrected chi connectivity index (χ0v) is 12.4. The van der Waals surface area contributed by atoms with Gasteiger partial charge in [0.2, 0.25) is 0 Å². The van der Waals surface area contributed by atoms with Gasteiger partial charge in [-0.3, -0.25) is 0 Å². The van der Waals surface area contributed by atoms with Crippen molar-refractivity contribution in [1.29, 1.82) is 0 Å². The van der Waals surface area contributed by atoms with Crippen molar-refractivity contribution in [3.8, 4) is 0 Å². The van der Waals surface area contributed by atoms with Crippen LogP contribution in [0.15, 0.2) is 0 Å². The highest BCUT2D eigenvalue weighted by Gasteiger charge is 2.24. The molecule has 0 aromatic rings. The second-order valence-corrected chi connectivity index (χ2v) is 6.56. The molecule has 1 fully saturated rings. The van der Waals surface area contributed by atoms with Crippen molar-refractivity contribution in [1.82, 2.24) is 10.2 Å². The maximum atomic E-state index is 3.72. The first-order valence-electron chi connectivity index (χ1n) is 7.49. The van der Waals surface area contributed by atoms with Crippen LogP contribution >= 0.6 is 0 Å². The van der Waals surface area contributed by atoms with E-state index in [9.17, 15) is 0 Å². The van der Waals surface area contributed by atoms with Gasteiger partial charge in [0.05, 0.1) is 0 Å². The van der Waals surface area contributed by atoms with E-state index in [0.717, 1.165) is 6.54 Å². The van der Waals surface area contributed by atoms with E-state index in [0.29, 0.717) is 11.5 Å². The third kappa shape index (κ3) is 5.87. The van der Waals surface area contributed by atoms with Gasteiger partial charge in [0, 0.05) is 6.04 Å². The molecule has 0 bridgehead atoms. The summed E-state index contributed by atoms with van der Waals surface area (Å²) in [4.78, 5) is 2.65. The summed E-state index contributed by atoms with van der Waals surface area (Å²) in [5.41, 5.74) is 0.380. The fourth-order valence-corrected chi connectivity index (χ4v) is 2.65. The van der Waals surface area contributed by atoms with Gasteiger partial charge in [0.15, 0.2) is 0 Å². The van der Waals surface area contributed by atoms with Crippen LogP contribution in [0.2, 0.25) is 0 Å². The molecule has 1 N–H and O–H groups in total. The molecule has 17 heavy (non-hydrogen) atoms. The van der Waals surface area contributed by atoms with Crippen molar-refractivity contribution < 1.29 is 0 Å². The van der Waals surface area contributed by atoms with Gasteiger partial charge in [-0.2, -0.15) is 0 Å². The predicted octanol–water partition coefficient (Wildman–Crippen LogP) is 3.28. The summed E-state index contributed by atoms with van der Waals surface area (Å²) in [7, 11) is 0. The first-order chi connectivity index (χ1) is 8.04. The zero-order valence-electron chi connectivity index (χ0n) is 12.4. The van der Waals surface area contributed by atoms with E-state index in [-0.39, 0.29) is 0 Å². The Hall–Kier alpha value is -0.0800. The van der Waals surface area contributed by atoms with E-state index in [2.05, 4.69) is 37.9 Å². The Kier molecular flexibility index (Phi) is 6.50. The van der Waals surface area contributed by atoms with Gasteiger partial charge in [-0.1, -0.05) is 34.1 Å². The van der Waals surface area contributed by atoms with Crippen molar-refractivity contribution in [2.24, 2.45) is 5.41 Å². The number of nitrogens with zero attached hydrogens (tertiary/aromatic N) is 1. The molecule has 1 aliphatic rings. The molecule has 0 aromatic heterocycles. The quantitative estimate of drug-likeness (QED) is 0.766. The molecule has 1 aliphatic heterocycles.